The van der Waals surface area contributed by atoms with Crippen LogP contribution < -0.4 is 4.72 Å². The van der Waals surface area contributed by atoms with Crippen molar-refractivity contribution in [3.63, 3.8) is 0 Å². The van der Waals surface area contributed by atoms with E-state index in [0.29, 0.717) is 5.69 Å². The van der Waals surface area contributed by atoms with E-state index >= 15 is 0 Å². The predicted octanol–water partition coefficient (Wildman–Crippen LogP) is 1.57. The number of nitriles is 1. The first-order valence-electron chi connectivity index (χ1n) is 4.40. The van der Waals surface area contributed by atoms with E-state index in [1.54, 1.807) is 6.07 Å². The number of sulfonamides is 1. The molecule has 0 saturated carbocycles. The Labute approximate surface area is 89.6 Å². The molecular weight excluding hydrogens is 212 g/mol. The maximum atomic E-state index is 11.4. The van der Waals surface area contributed by atoms with Crippen molar-refractivity contribution in [2.24, 2.45) is 0 Å². The lowest BCUT2D eigenvalue weighted by Gasteiger charge is -2.11. The molecule has 1 aromatic carbocycles. The van der Waals surface area contributed by atoms with Crippen LogP contribution in [0.15, 0.2) is 18.2 Å². The van der Waals surface area contributed by atoms with Crippen LogP contribution >= 0.6 is 0 Å². The van der Waals surface area contributed by atoms with Crippen LogP contribution in [0, 0.1) is 25.2 Å². The molecule has 1 N–H and O–H groups in total. The van der Waals surface area contributed by atoms with Gasteiger partial charge in [-0.15, -0.1) is 0 Å². The Kier molecular flexibility index (Phi) is 3.32. The third kappa shape index (κ3) is 2.96. The Hall–Kier alpha value is -1.54. The number of anilines is 1. The van der Waals surface area contributed by atoms with Crippen LogP contribution in [0.1, 0.15) is 11.1 Å². The lowest BCUT2D eigenvalue weighted by atomic mass is 10.1. The average molecular weight is 224 g/mol. The minimum atomic E-state index is -3.54. The van der Waals surface area contributed by atoms with Gasteiger partial charge in [0, 0.05) is 0 Å². The quantitative estimate of drug-likeness (QED) is 0.847. The summed E-state index contributed by atoms with van der Waals surface area (Å²) >= 11 is 0. The molecule has 4 nitrogen and oxygen atoms in total. The van der Waals surface area contributed by atoms with Gasteiger partial charge < -0.3 is 0 Å². The zero-order valence-electron chi connectivity index (χ0n) is 8.61. The number of para-hydroxylation sites is 1. The molecule has 0 saturated heterocycles. The number of hydrogen-bond donors (Lipinski definition) is 1. The van der Waals surface area contributed by atoms with Crippen molar-refractivity contribution in [1.29, 1.82) is 5.26 Å². The summed E-state index contributed by atoms with van der Waals surface area (Å²) in [5.74, 6) is -0.527. The van der Waals surface area contributed by atoms with E-state index in [1.165, 1.54) is 0 Å². The summed E-state index contributed by atoms with van der Waals surface area (Å²) in [5, 5.41) is 8.35. The molecule has 0 aromatic heterocycles. The van der Waals surface area contributed by atoms with E-state index in [1.807, 2.05) is 32.0 Å². The van der Waals surface area contributed by atoms with Gasteiger partial charge in [0.15, 0.2) is 5.75 Å². The highest BCUT2D eigenvalue weighted by Crippen LogP contribution is 2.20. The smallest absolute Gasteiger partial charge is 0.246 e. The van der Waals surface area contributed by atoms with Gasteiger partial charge >= 0.3 is 0 Å². The second kappa shape index (κ2) is 4.32. The molecule has 0 aliphatic heterocycles. The normalized spacial score (nSPS) is 10.7. The maximum Gasteiger partial charge on any atom is 0.246 e. The van der Waals surface area contributed by atoms with E-state index in [-0.39, 0.29) is 0 Å². The van der Waals surface area contributed by atoms with Crippen molar-refractivity contribution in [3.8, 4) is 6.07 Å². The van der Waals surface area contributed by atoms with E-state index in [9.17, 15) is 8.42 Å². The van der Waals surface area contributed by atoms with E-state index in [4.69, 9.17) is 5.26 Å². The van der Waals surface area contributed by atoms with Gasteiger partial charge in [-0.05, 0) is 25.0 Å². The molecule has 0 aliphatic carbocycles. The predicted molar refractivity (Wildman–Crippen MR) is 58.9 cm³/mol. The van der Waals surface area contributed by atoms with Crippen molar-refractivity contribution in [2.45, 2.75) is 13.8 Å². The topological polar surface area (TPSA) is 70.0 Å². The molecule has 1 rings (SSSR count). The standard InChI is InChI=1S/C10H12N2O2S/c1-8-4-3-5-9(2)10(8)12-15(13,14)7-6-11/h3-5,12H,7H2,1-2H3. The van der Waals surface area contributed by atoms with E-state index in [0.717, 1.165) is 11.1 Å². The second-order valence-corrected chi connectivity index (χ2v) is 5.01. The van der Waals surface area contributed by atoms with Crippen LogP contribution in [0.3, 0.4) is 0 Å². The van der Waals surface area contributed by atoms with Gasteiger partial charge in [-0.25, -0.2) is 8.42 Å². The summed E-state index contributed by atoms with van der Waals surface area (Å²) in [6.45, 7) is 3.63. The van der Waals surface area contributed by atoms with Crippen LogP contribution in [0.25, 0.3) is 0 Å². The third-order valence-corrected chi connectivity index (χ3v) is 3.02. The van der Waals surface area contributed by atoms with Crippen molar-refractivity contribution >= 4 is 15.7 Å². The minimum absolute atomic E-state index is 0.527. The van der Waals surface area contributed by atoms with Gasteiger partial charge in [0.05, 0.1) is 11.8 Å². The fraction of sp³-hybridized carbons (Fsp3) is 0.300. The number of aryl methyl sites for hydroxylation is 2. The van der Waals surface area contributed by atoms with Crippen LogP contribution in [-0.2, 0) is 10.0 Å². The van der Waals surface area contributed by atoms with Gasteiger partial charge in [-0.3, -0.25) is 4.72 Å². The number of nitrogens with one attached hydrogen (secondary N) is 1. The molecule has 0 fully saturated rings. The highest BCUT2D eigenvalue weighted by molar-refractivity contribution is 7.92. The van der Waals surface area contributed by atoms with Gasteiger partial charge in [0.1, 0.15) is 0 Å². The Morgan fingerprint density at radius 3 is 2.33 bits per heavy atom. The Bertz CT molecular complexity index is 480. The van der Waals surface area contributed by atoms with Crippen molar-refractivity contribution < 1.29 is 8.42 Å². The highest BCUT2D eigenvalue weighted by atomic mass is 32.2. The van der Waals surface area contributed by atoms with Crippen molar-refractivity contribution in [3.05, 3.63) is 29.3 Å². The number of nitrogens with zero attached hydrogens (tertiary/aromatic N) is 1. The Morgan fingerprint density at radius 1 is 1.33 bits per heavy atom. The first-order valence-corrected chi connectivity index (χ1v) is 6.05. The first kappa shape index (κ1) is 11.5. The molecule has 15 heavy (non-hydrogen) atoms. The van der Waals surface area contributed by atoms with E-state index < -0.39 is 15.8 Å². The summed E-state index contributed by atoms with van der Waals surface area (Å²) < 4.78 is 25.1. The summed E-state index contributed by atoms with van der Waals surface area (Å²) in [7, 11) is -3.54. The second-order valence-electron chi connectivity index (χ2n) is 3.29. The molecule has 0 spiro atoms. The molecule has 5 heteroatoms. The first-order chi connectivity index (χ1) is 6.96. The molecule has 0 unspecified atom stereocenters. The molecule has 0 aliphatic rings. The lowest BCUT2D eigenvalue weighted by molar-refractivity contribution is 0.604. The SMILES string of the molecule is Cc1cccc(C)c1NS(=O)(=O)CC#N. The van der Waals surface area contributed by atoms with Gasteiger partial charge in [0.2, 0.25) is 10.0 Å². The summed E-state index contributed by atoms with van der Waals surface area (Å²) in [6, 6.07) is 7.10. The summed E-state index contributed by atoms with van der Waals surface area (Å²) in [4.78, 5) is 0. The van der Waals surface area contributed by atoms with Crippen LogP contribution in [0.5, 0.6) is 0 Å². The largest absolute Gasteiger partial charge is 0.282 e. The summed E-state index contributed by atoms with van der Waals surface area (Å²) in [5.41, 5.74) is 2.25. The zero-order valence-corrected chi connectivity index (χ0v) is 9.43. The molecule has 0 radical (unpaired) electrons. The number of benzene rings is 1. The number of hydrogen-bond acceptors (Lipinski definition) is 3. The molecular formula is C10H12N2O2S. The molecule has 0 bridgehead atoms. The third-order valence-electron chi connectivity index (χ3n) is 1.99. The van der Waals surface area contributed by atoms with Gasteiger partial charge in [-0.2, -0.15) is 5.26 Å². The van der Waals surface area contributed by atoms with E-state index in [2.05, 4.69) is 4.72 Å². The van der Waals surface area contributed by atoms with Gasteiger partial charge in [0.25, 0.3) is 0 Å². The fourth-order valence-electron chi connectivity index (χ4n) is 1.25. The maximum absolute atomic E-state index is 11.4. The van der Waals surface area contributed by atoms with Crippen LogP contribution in [0.2, 0.25) is 0 Å². The molecule has 0 amide bonds. The molecule has 0 atom stereocenters. The molecule has 0 heterocycles. The highest BCUT2D eigenvalue weighted by Gasteiger charge is 2.12. The molecule has 1 aromatic rings. The monoisotopic (exact) mass is 224 g/mol. The van der Waals surface area contributed by atoms with Crippen molar-refractivity contribution in [2.75, 3.05) is 10.5 Å². The minimum Gasteiger partial charge on any atom is -0.282 e. The average Bonchev–Trinajstić information content (AvgIpc) is 2.11. The molecule has 80 valence electrons. The zero-order chi connectivity index (χ0) is 11.5. The van der Waals surface area contributed by atoms with Gasteiger partial charge in [-0.1, -0.05) is 18.2 Å². The van der Waals surface area contributed by atoms with Crippen molar-refractivity contribution in [1.82, 2.24) is 0 Å². The number of rotatable bonds is 3. The van der Waals surface area contributed by atoms with Crippen LogP contribution in [-0.4, -0.2) is 14.2 Å². The van der Waals surface area contributed by atoms with Crippen LogP contribution in [0.4, 0.5) is 5.69 Å². The lowest BCUT2D eigenvalue weighted by Crippen LogP contribution is -2.16. The Balaban J connectivity index is 3.06. The Morgan fingerprint density at radius 2 is 1.87 bits per heavy atom. The summed E-state index contributed by atoms with van der Waals surface area (Å²) in [6.07, 6.45) is 0. The fourth-order valence-corrected chi connectivity index (χ4v) is 2.13.